The van der Waals surface area contributed by atoms with Gasteiger partial charge in [-0.05, 0) is 20.3 Å². The van der Waals surface area contributed by atoms with Crippen molar-refractivity contribution in [3.8, 4) is 0 Å². The molecule has 0 aliphatic heterocycles. The molecular weight excluding hydrogens is 214 g/mol. The van der Waals surface area contributed by atoms with E-state index in [0.29, 0.717) is 11.9 Å². The van der Waals surface area contributed by atoms with Crippen LogP contribution in [0.15, 0.2) is 12.4 Å². The molecule has 1 aromatic heterocycles. The maximum atomic E-state index is 5.36. The van der Waals surface area contributed by atoms with E-state index >= 15 is 0 Å². The molecule has 0 bridgehead atoms. The number of rotatable bonds is 7. The summed E-state index contributed by atoms with van der Waals surface area (Å²) < 4.78 is 0. The first-order valence-electron chi connectivity index (χ1n) is 6.24. The van der Waals surface area contributed by atoms with Crippen molar-refractivity contribution < 1.29 is 0 Å². The van der Waals surface area contributed by atoms with Crippen molar-refractivity contribution >= 4 is 11.6 Å². The maximum Gasteiger partial charge on any atom is 0.145 e. The lowest BCUT2D eigenvalue weighted by atomic mass is 10.2. The summed E-state index contributed by atoms with van der Waals surface area (Å²) in [5, 5.41) is 0. The Morgan fingerprint density at radius 2 is 2.12 bits per heavy atom. The van der Waals surface area contributed by atoms with Crippen LogP contribution in [0, 0.1) is 0 Å². The molecule has 1 aromatic rings. The number of nitrogens with zero attached hydrogens (tertiary/aromatic N) is 3. The van der Waals surface area contributed by atoms with Gasteiger partial charge in [0, 0.05) is 18.7 Å². The fraction of sp³-hybridized carbons (Fsp3) is 0.667. The molecule has 1 heterocycles. The van der Waals surface area contributed by atoms with E-state index in [1.54, 1.807) is 6.33 Å². The van der Waals surface area contributed by atoms with Crippen LogP contribution >= 0.6 is 0 Å². The van der Waals surface area contributed by atoms with Crippen molar-refractivity contribution in [1.82, 2.24) is 9.97 Å². The van der Waals surface area contributed by atoms with Crippen LogP contribution in [0.5, 0.6) is 0 Å². The minimum absolute atomic E-state index is 0.424. The molecule has 17 heavy (non-hydrogen) atoms. The average Bonchev–Trinajstić information content (AvgIpc) is 2.34. The van der Waals surface area contributed by atoms with E-state index in [2.05, 4.69) is 41.1 Å². The molecule has 0 radical (unpaired) electrons. The fourth-order valence-electron chi connectivity index (χ4n) is 1.75. The van der Waals surface area contributed by atoms with Crippen LogP contribution in [0.2, 0.25) is 0 Å². The van der Waals surface area contributed by atoms with Gasteiger partial charge in [0.25, 0.3) is 0 Å². The Morgan fingerprint density at radius 1 is 1.35 bits per heavy atom. The first-order chi connectivity index (χ1) is 8.19. The third kappa shape index (κ3) is 4.19. The van der Waals surface area contributed by atoms with Crippen molar-refractivity contribution in [2.75, 3.05) is 16.9 Å². The molecule has 0 fully saturated rings. The van der Waals surface area contributed by atoms with Gasteiger partial charge in [0.15, 0.2) is 0 Å². The van der Waals surface area contributed by atoms with Crippen molar-refractivity contribution in [2.24, 2.45) is 5.84 Å². The van der Waals surface area contributed by atoms with Crippen LogP contribution in [0.4, 0.5) is 11.6 Å². The Kier molecular flexibility index (Phi) is 5.69. The van der Waals surface area contributed by atoms with Gasteiger partial charge in [-0.2, -0.15) is 0 Å². The molecule has 0 aromatic carbocycles. The van der Waals surface area contributed by atoms with Gasteiger partial charge in [-0.1, -0.05) is 19.8 Å². The van der Waals surface area contributed by atoms with Crippen LogP contribution in [-0.2, 0) is 0 Å². The highest BCUT2D eigenvalue weighted by atomic mass is 15.3. The summed E-state index contributed by atoms with van der Waals surface area (Å²) in [6.07, 6.45) is 5.20. The van der Waals surface area contributed by atoms with Crippen LogP contribution < -0.4 is 16.2 Å². The SMILES string of the molecule is CCCCCN(c1cc(NN)ncn1)C(C)C. The smallest absolute Gasteiger partial charge is 0.145 e. The first-order valence-corrected chi connectivity index (χ1v) is 6.24. The Bertz CT molecular complexity index is 326. The van der Waals surface area contributed by atoms with E-state index in [0.717, 1.165) is 12.4 Å². The first kappa shape index (κ1) is 13.7. The summed E-state index contributed by atoms with van der Waals surface area (Å²) in [6.45, 7) is 7.57. The lowest BCUT2D eigenvalue weighted by Crippen LogP contribution is -2.32. The predicted molar refractivity (Wildman–Crippen MR) is 71.8 cm³/mol. The van der Waals surface area contributed by atoms with E-state index in [1.807, 2.05) is 6.07 Å². The number of hydrazine groups is 1. The van der Waals surface area contributed by atoms with Crippen LogP contribution in [-0.4, -0.2) is 22.6 Å². The summed E-state index contributed by atoms with van der Waals surface area (Å²) in [6, 6.07) is 2.30. The molecule has 0 unspecified atom stereocenters. The summed E-state index contributed by atoms with van der Waals surface area (Å²) in [7, 11) is 0. The molecule has 3 N–H and O–H groups in total. The zero-order chi connectivity index (χ0) is 12.7. The molecule has 0 saturated heterocycles. The number of unbranched alkanes of at least 4 members (excludes halogenated alkanes) is 2. The van der Waals surface area contributed by atoms with E-state index in [4.69, 9.17) is 5.84 Å². The standard InChI is InChI=1S/C12H23N5/c1-4-5-6-7-17(10(2)3)12-8-11(16-13)14-9-15-12/h8-10H,4-7,13H2,1-3H3,(H,14,15,16). The monoisotopic (exact) mass is 237 g/mol. The Morgan fingerprint density at radius 3 is 2.71 bits per heavy atom. The Hall–Kier alpha value is -1.36. The quantitative estimate of drug-likeness (QED) is 0.432. The van der Waals surface area contributed by atoms with Crippen molar-refractivity contribution in [2.45, 2.75) is 46.1 Å². The maximum absolute atomic E-state index is 5.36. The largest absolute Gasteiger partial charge is 0.354 e. The second kappa shape index (κ2) is 7.06. The molecule has 0 aliphatic rings. The predicted octanol–water partition coefficient (Wildman–Crippen LogP) is 2.17. The highest BCUT2D eigenvalue weighted by molar-refractivity contribution is 5.48. The molecule has 5 nitrogen and oxygen atoms in total. The minimum Gasteiger partial charge on any atom is -0.354 e. The average molecular weight is 237 g/mol. The lowest BCUT2D eigenvalue weighted by molar-refractivity contribution is 0.619. The van der Waals surface area contributed by atoms with Gasteiger partial charge in [-0.25, -0.2) is 15.8 Å². The zero-order valence-corrected chi connectivity index (χ0v) is 11.0. The Labute approximate surface area is 103 Å². The van der Waals surface area contributed by atoms with Gasteiger partial charge in [0.05, 0.1) is 0 Å². The van der Waals surface area contributed by atoms with Crippen molar-refractivity contribution in [3.05, 3.63) is 12.4 Å². The molecule has 5 heteroatoms. The van der Waals surface area contributed by atoms with Crippen LogP contribution in [0.3, 0.4) is 0 Å². The molecule has 0 amide bonds. The van der Waals surface area contributed by atoms with Crippen LogP contribution in [0.1, 0.15) is 40.0 Å². The molecule has 96 valence electrons. The number of nitrogen functional groups attached to an aromatic ring is 1. The number of nitrogens with one attached hydrogen (secondary N) is 1. The highest BCUT2D eigenvalue weighted by Crippen LogP contribution is 2.17. The van der Waals surface area contributed by atoms with Gasteiger partial charge in [-0.3, -0.25) is 0 Å². The number of nitrogens with two attached hydrogens (primary N) is 1. The van der Waals surface area contributed by atoms with E-state index in [1.165, 1.54) is 19.3 Å². The van der Waals surface area contributed by atoms with E-state index in [9.17, 15) is 0 Å². The molecule has 0 spiro atoms. The second-order valence-corrected chi connectivity index (χ2v) is 4.40. The van der Waals surface area contributed by atoms with Crippen LogP contribution in [0.25, 0.3) is 0 Å². The van der Waals surface area contributed by atoms with E-state index in [-0.39, 0.29) is 0 Å². The molecule has 0 atom stereocenters. The van der Waals surface area contributed by atoms with Crippen molar-refractivity contribution in [1.29, 1.82) is 0 Å². The number of hydrogen-bond acceptors (Lipinski definition) is 5. The van der Waals surface area contributed by atoms with Gasteiger partial charge in [0.2, 0.25) is 0 Å². The summed E-state index contributed by atoms with van der Waals surface area (Å²) in [5.74, 6) is 6.94. The third-order valence-corrected chi connectivity index (χ3v) is 2.72. The number of aromatic nitrogens is 2. The minimum atomic E-state index is 0.424. The Balaban J connectivity index is 2.74. The third-order valence-electron chi connectivity index (χ3n) is 2.72. The second-order valence-electron chi connectivity index (χ2n) is 4.40. The lowest BCUT2D eigenvalue weighted by Gasteiger charge is -2.27. The molecule has 0 aliphatic carbocycles. The van der Waals surface area contributed by atoms with Gasteiger partial charge >= 0.3 is 0 Å². The van der Waals surface area contributed by atoms with Crippen molar-refractivity contribution in [3.63, 3.8) is 0 Å². The highest BCUT2D eigenvalue weighted by Gasteiger charge is 2.12. The van der Waals surface area contributed by atoms with Gasteiger partial charge in [-0.15, -0.1) is 0 Å². The van der Waals surface area contributed by atoms with E-state index < -0.39 is 0 Å². The summed E-state index contributed by atoms with van der Waals surface area (Å²) in [5.41, 5.74) is 2.55. The number of anilines is 2. The topological polar surface area (TPSA) is 67.1 Å². The molecule has 1 rings (SSSR count). The summed E-state index contributed by atoms with van der Waals surface area (Å²) in [4.78, 5) is 10.6. The molecular formula is C12H23N5. The zero-order valence-electron chi connectivity index (χ0n) is 11.0. The summed E-state index contributed by atoms with van der Waals surface area (Å²) >= 11 is 0. The fourth-order valence-corrected chi connectivity index (χ4v) is 1.75. The normalized spacial score (nSPS) is 10.6. The van der Waals surface area contributed by atoms with Gasteiger partial charge in [0.1, 0.15) is 18.0 Å². The molecule has 0 saturated carbocycles. The van der Waals surface area contributed by atoms with Gasteiger partial charge < -0.3 is 10.3 Å². The number of hydrogen-bond donors (Lipinski definition) is 2.